The van der Waals surface area contributed by atoms with Gasteiger partial charge in [-0.15, -0.1) is 11.3 Å². The lowest BCUT2D eigenvalue weighted by atomic mass is 10.1. The van der Waals surface area contributed by atoms with Crippen molar-refractivity contribution in [3.05, 3.63) is 59.2 Å². The molecular formula is C20H19F3N2O2S2. The van der Waals surface area contributed by atoms with E-state index in [1.807, 2.05) is 17.5 Å². The number of alkyl halides is 3. The van der Waals surface area contributed by atoms with Gasteiger partial charge in [0.2, 0.25) is 0 Å². The number of unbranched alkanes of at least 4 members (excludes halogenated alkanes) is 1. The highest BCUT2D eigenvalue weighted by Crippen LogP contribution is 2.30. The monoisotopic (exact) mass is 440 g/mol. The van der Waals surface area contributed by atoms with Gasteiger partial charge < -0.3 is 0 Å². The average Bonchev–Trinajstić information content (AvgIpc) is 3.16. The largest absolute Gasteiger partial charge is 0.497 e. The van der Waals surface area contributed by atoms with Gasteiger partial charge in [-0.25, -0.2) is 13.4 Å². The zero-order valence-electron chi connectivity index (χ0n) is 15.6. The van der Waals surface area contributed by atoms with E-state index in [4.69, 9.17) is 0 Å². The Bertz CT molecular complexity index is 1080. The van der Waals surface area contributed by atoms with Crippen molar-refractivity contribution in [2.24, 2.45) is 0 Å². The van der Waals surface area contributed by atoms with E-state index in [1.165, 1.54) is 23.5 Å². The first-order valence-electron chi connectivity index (χ1n) is 8.99. The molecule has 0 unspecified atom stereocenters. The number of sulfone groups is 1. The molecule has 0 fully saturated rings. The summed E-state index contributed by atoms with van der Waals surface area (Å²) in [4.78, 5) is 8.98. The SMILES string of the molecule is CCCCc1cc(-c2nc(-c3ccc(CS(=O)(=O)C(F)(F)F)cc3)cs2)ccn1. The van der Waals surface area contributed by atoms with Gasteiger partial charge >= 0.3 is 5.51 Å². The molecule has 0 radical (unpaired) electrons. The van der Waals surface area contributed by atoms with Crippen LogP contribution in [0.4, 0.5) is 13.2 Å². The molecule has 154 valence electrons. The number of hydrogen-bond donors (Lipinski definition) is 0. The minimum absolute atomic E-state index is 0.0798. The van der Waals surface area contributed by atoms with E-state index in [0.29, 0.717) is 11.3 Å². The Morgan fingerprint density at radius 1 is 1.07 bits per heavy atom. The van der Waals surface area contributed by atoms with Crippen molar-refractivity contribution in [3.8, 4) is 21.8 Å². The summed E-state index contributed by atoms with van der Waals surface area (Å²) in [5.41, 5.74) is -1.80. The third-order valence-electron chi connectivity index (χ3n) is 4.31. The molecule has 0 N–H and O–H groups in total. The molecule has 1 aromatic carbocycles. The Balaban J connectivity index is 1.77. The summed E-state index contributed by atoms with van der Waals surface area (Å²) in [6.45, 7) is 2.13. The number of rotatable bonds is 7. The van der Waals surface area contributed by atoms with Gasteiger partial charge in [-0.1, -0.05) is 37.6 Å². The molecular weight excluding hydrogens is 421 g/mol. The lowest BCUT2D eigenvalue weighted by molar-refractivity contribution is -0.0437. The summed E-state index contributed by atoms with van der Waals surface area (Å²) in [5, 5.41) is 2.69. The van der Waals surface area contributed by atoms with E-state index in [1.54, 1.807) is 18.3 Å². The summed E-state index contributed by atoms with van der Waals surface area (Å²) in [6, 6.07) is 9.84. The highest BCUT2D eigenvalue weighted by Gasteiger charge is 2.45. The Morgan fingerprint density at radius 2 is 1.79 bits per heavy atom. The number of pyridine rings is 1. The van der Waals surface area contributed by atoms with Crippen molar-refractivity contribution in [1.29, 1.82) is 0 Å². The Labute approximate surface area is 171 Å². The predicted octanol–water partition coefficient (Wildman–Crippen LogP) is 5.65. The molecule has 4 nitrogen and oxygen atoms in total. The van der Waals surface area contributed by atoms with E-state index in [0.717, 1.165) is 35.5 Å². The summed E-state index contributed by atoms with van der Waals surface area (Å²) in [5.74, 6) is -1.07. The van der Waals surface area contributed by atoms with Crippen LogP contribution in [0.1, 0.15) is 31.0 Å². The van der Waals surface area contributed by atoms with E-state index >= 15 is 0 Å². The number of thiazole rings is 1. The smallest absolute Gasteiger partial charge is 0.261 e. The van der Waals surface area contributed by atoms with Crippen molar-refractivity contribution in [1.82, 2.24) is 9.97 Å². The van der Waals surface area contributed by atoms with Crippen molar-refractivity contribution in [3.63, 3.8) is 0 Å². The fourth-order valence-electron chi connectivity index (χ4n) is 2.72. The first-order valence-corrected chi connectivity index (χ1v) is 11.5. The summed E-state index contributed by atoms with van der Waals surface area (Å²) < 4.78 is 60.1. The van der Waals surface area contributed by atoms with Crippen LogP contribution in [0, 0.1) is 0 Å². The molecule has 0 atom stereocenters. The average molecular weight is 441 g/mol. The molecule has 0 saturated carbocycles. The number of aryl methyl sites for hydroxylation is 1. The third-order valence-corrected chi connectivity index (χ3v) is 6.62. The van der Waals surface area contributed by atoms with Gasteiger partial charge in [0.25, 0.3) is 9.84 Å². The van der Waals surface area contributed by atoms with Crippen LogP contribution in [0.5, 0.6) is 0 Å². The highest BCUT2D eigenvalue weighted by atomic mass is 32.2. The lowest BCUT2D eigenvalue weighted by Gasteiger charge is -2.08. The minimum Gasteiger partial charge on any atom is -0.261 e. The molecule has 2 aromatic heterocycles. The molecule has 0 aliphatic heterocycles. The maximum Gasteiger partial charge on any atom is 0.497 e. The van der Waals surface area contributed by atoms with Crippen LogP contribution in [0.2, 0.25) is 0 Å². The van der Waals surface area contributed by atoms with E-state index < -0.39 is 21.1 Å². The fraction of sp³-hybridized carbons (Fsp3) is 0.300. The van der Waals surface area contributed by atoms with Crippen LogP contribution in [0.25, 0.3) is 21.8 Å². The van der Waals surface area contributed by atoms with Gasteiger partial charge in [0.05, 0.1) is 11.4 Å². The molecule has 0 aliphatic rings. The van der Waals surface area contributed by atoms with E-state index in [2.05, 4.69) is 16.9 Å². The second kappa shape index (κ2) is 8.62. The Hall–Kier alpha value is -2.26. The lowest BCUT2D eigenvalue weighted by Crippen LogP contribution is -2.24. The fourth-order valence-corrected chi connectivity index (χ4v) is 4.34. The molecule has 0 spiro atoms. The second-order valence-electron chi connectivity index (χ2n) is 6.58. The highest BCUT2D eigenvalue weighted by molar-refractivity contribution is 7.91. The molecule has 9 heteroatoms. The predicted molar refractivity (Wildman–Crippen MR) is 108 cm³/mol. The molecule has 3 aromatic rings. The second-order valence-corrected chi connectivity index (χ2v) is 9.42. The standard InChI is InChI=1S/C20H19F3N2O2S2/c1-2-3-4-17-11-16(9-10-24-17)19-25-18(12-28-19)15-7-5-14(6-8-15)13-29(26,27)20(21,22)23/h5-12H,2-4,13H2,1H3. The minimum atomic E-state index is -5.25. The van der Waals surface area contributed by atoms with E-state index in [9.17, 15) is 21.6 Å². The molecule has 0 saturated heterocycles. The Kier molecular flexibility index (Phi) is 6.38. The number of benzene rings is 1. The molecule has 29 heavy (non-hydrogen) atoms. The molecule has 0 aliphatic carbocycles. The number of aromatic nitrogens is 2. The van der Waals surface area contributed by atoms with Gasteiger partial charge in [0.15, 0.2) is 0 Å². The van der Waals surface area contributed by atoms with Crippen molar-refractivity contribution >= 4 is 21.2 Å². The zero-order chi connectivity index (χ0) is 21.1. The van der Waals surface area contributed by atoms with Gasteiger partial charge in [-0.3, -0.25) is 4.98 Å². The first kappa shape index (κ1) is 21.4. The van der Waals surface area contributed by atoms with Gasteiger partial charge in [-0.05, 0) is 30.5 Å². The van der Waals surface area contributed by atoms with Crippen molar-refractivity contribution < 1.29 is 21.6 Å². The number of nitrogens with zero attached hydrogens (tertiary/aromatic N) is 2. The normalized spacial score (nSPS) is 12.3. The van der Waals surface area contributed by atoms with Crippen LogP contribution in [-0.2, 0) is 22.0 Å². The van der Waals surface area contributed by atoms with Gasteiger partial charge in [0, 0.05) is 28.4 Å². The molecule has 3 rings (SSSR count). The number of hydrogen-bond acceptors (Lipinski definition) is 5. The summed E-state index contributed by atoms with van der Waals surface area (Å²) >= 11 is 1.46. The van der Waals surface area contributed by atoms with Crippen LogP contribution >= 0.6 is 11.3 Å². The zero-order valence-corrected chi connectivity index (χ0v) is 17.2. The van der Waals surface area contributed by atoms with Crippen molar-refractivity contribution in [2.45, 2.75) is 37.4 Å². The molecule has 0 bridgehead atoms. The van der Waals surface area contributed by atoms with Gasteiger partial charge in [0.1, 0.15) is 5.01 Å². The maximum absolute atomic E-state index is 12.5. The topological polar surface area (TPSA) is 59.9 Å². The first-order chi connectivity index (χ1) is 13.7. The number of halogens is 3. The third kappa shape index (κ3) is 5.22. The van der Waals surface area contributed by atoms with Crippen LogP contribution in [-0.4, -0.2) is 23.9 Å². The van der Waals surface area contributed by atoms with Crippen LogP contribution < -0.4 is 0 Å². The quantitative estimate of drug-likeness (QED) is 0.476. The van der Waals surface area contributed by atoms with Gasteiger partial charge in [-0.2, -0.15) is 13.2 Å². The molecule has 2 heterocycles. The van der Waals surface area contributed by atoms with Crippen LogP contribution in [0.3, 0.4) is 0 Å². The maximum atomic E-state index is 12.5. The van der Waals surface area contributed by atoms with Crippen molar-refractivity contribution in [2.75, 3.05) is 0 Å². The Morgan fingerprint density at radius 3 is 2.45 bits per heavy atom. The molecule has 0 amide bonds. The summed E-state index contributed by atoms with van der Waals surface area (Å²) in [7, 11) is -5.19. The summed E-state index contributed by atoms with van der Waals surface area (Å²) in [6.07, 6.45) is 4.83. The van der Waals surface area contributed by atoms with E-state index in [-0.39, 0.29) is 5.56 Å². The van der Waals surface area contributed by atoms with Crippen LogP contribution in [0.15, 0.2) is 48.0 Å².